The van der Waals surface area contributed by atoms with E-state index in [1.54, 1.807) is 6.92 Å². The predicted octanol–water partition coefficient (Wildman–Crippen LogP) is 1.16. The number of amides is 1. The van der Waals surface area contributed by atoms with Crippen LogP contribution < -0.4 is 5.32 Å². The molecule has 1 rings (SSSR count). The lowest BCUT2D eigenvalue weighted by molar-refractivity contribution is -0.120. The molecule has 1 atom stereocenters. The highest BCUT2D eigenvalue weighted by molar-refractivity contribution is 6.30. The SMILES string of the molecule is CC(Cl)C(=O)NCC1CCOCC1. The first kappa shape index (κ1) is 10.8. The maximum Gasteiger partial charge on any atom is 0.237 e. The minimum absolute atomic E-state index is 0.0758. The lowest BCUT2D eigenvalue weighted by atomic mass is 10.0. The average molecular weight is 206 g/mol. The summed E-state index contributed by atoms with van der Waals surface area (Å²) in [6.07, 6.45) is 2.08. The van der Waals surface area contributed by atoms with E-state index < -0.39 is 5.38 Å². The minimum atomic E-state index is -0.431. The van der Waals surface area contributed by atoms with Crippen LogP contribution in [0, 0.1) is 5.92 Å². The average Bonchev–Trinajstić information content (AvgIpc) is 2.15. The van der Waals surface area contributed by atoms with Crippen LogP contribution in [0.25, 0.3) is 0 Å². The van der Waals surface area contributed by atoms with E-state index in [4.69, 9.17) is 16.3 Å². The Kier molecular flexibility index (Phi) is 4.53. The summed E-state index contributed by atoms with van der Waals surface area (Å²) >= 11 is 5.61. The standard InChI is InChI=1S/C9H16ClNO2/c1-7(10)9(12)11-6-8-2-4-13-5-3-8/h7-8H,2-6H2,1H3,(H,11,12). The molecule has 0 bridgehead atoms. The number of nitrogens with one attached hydrogen (secondary N) is 1. The second kappa shape index (κ2) is 5.45. The van der Waals surface area contributed by atoms with Crippen molar-refractivity contribution in [3.8, 4) is 0 Å². The molecule has 0 radical (unpaired) electrons. The first-order valence-electron chi connectivity index (χ1n) is 4.69. The molecule has 1 unspecified atom stereocenters. The van der Waals surface area contributed by atoms with Crippen molar-refractivity contribution in [1.29, 1.82) is 0 Å². The van der Waals surface area contributed by atoms with Crippen molar-refractivity contribution in [1.82, 2.24) is 5.32 Å². The van der Waals surface area contributed by atoms with E-state index in [1.807, 2.05) is 0 Å². The zero-order valence-corrected chi connectivity index (χ0v) is 8.64. The predicted molar refractivity (Wildman–Crippen MR) is 51.9 cm³/mol. The van der Waals surface area contributed by atoms with E-state index >= 15 is 0 Å². The number of halogens is 1. The van der Waals surface area contributed by atoms with Crippen molar-refractivity contribution in [2.45, 2.75) is 25.1 Å². The van der Waals surface area contributed by atoms with Gasteiger partial charge in [-0.1, -0.05) is 0 Å². The Morgan fingerprint density at radius 3 is 2.77 bits per heavy atom. The van der Waals surface area contributed by atoms with Crippen LogP contribution in [0.1, 0.15) is 19.8 Å². The van der Waals surface area contributed by atoms with E-state index in [-0.39, 0.29) is 5.91 Å². The first-order valence-corrected chi connectivity index (χ1v) is 5.13. The van der Waals surface area contributed by atoms with Gasteiger partial charge in [0.2, 0.25) is 5.91 Å². The van der Waals surface area contributed by atoms with Crippen LogP contribution >= 0.6 is 11.6 Å². The highest BCUT2D eigenvalue weighted by Gasteiger charge is 2.15. The van der Waals surface area contributed by atoms with Gasteiger partial charge in [0, 0.05) is 19.8 Å². The first-order chi connectivity index (χ1) is 6.20. The second-order valence-corrected chi connectivity index (χ2v) is 4.07. The molecule has 1 amide bonds. The zero-order valence-electron chi connectivity index (χ0n) is 7.88. The number of ether oxygens (including phenoxy) is 1. The molecule has 0 aromatic carbocycles. The van der Waals surface area contributed by atoms with Crippen LogP contribution in [-0.2, 0) is 9.53 Å². The zero-order chi connectivity index (χ0) is 9.68. The summed E-state index contributed by atoms with van der Waals surface area (Å²) in [6.45, 7) is 4.05. The highest BCUT2D eigenvalue weighted by Crippen LogP contribution is 2.13. The lowest BCUT2D eigenvalue weighted by Crippen LogP contribution is -2.35. The van der Waals surface area contributed by atoms with E-state index in [0.717, 1.165) is 32.6 Å². The number of rotatable bonds is 3. The molecule has 1 aliphatic rings. The minimum Gasteiger partial charge on any atom is -0.381 e. The Balaban J connectivity index is 2.13. The fourth-order valence-electron chi connectivity index (χ4n) is 1.34. The van der Waals surface area contributed by atoms with E-state index in [9.17, 15) is 4.79 Å². The van der Waals surface area contributed by atoms with Crippen molar-refractivity contribution in [2.24, 2.45) is 5.92 Å². The van der Waals surface area contributed by atoms with Gasteiger partial charge in [0.1, 0.15) is 5.38 Å². The molecule has 76 valence electrons. The molecule has 3 nitrogen and oxygen atoms in total. The third-order valence-electron chi connectivity index (χ3n) is 2.27. The number of carbonyl (C=O) groups excluding carboxylic acids is 1. The van der Waals surface area contributed by atoms with Gasteiger partial charge in [-0.05, 0) is 25.7 Å². The molecule has 1 fully saturated rings. The summed E-state index contributed by atoms with van der Waals surface area (Å²) in [4.78, 5) is 11.1. The molecular formula is C9H16ClNO2. The maximum atomic E-state index is 11.1. The molecule has 1 saturated heterocycles. The normalized spacial score (nSPS) is 21.1. The Bertz CT molecular complexity index is 167. The number of alkyl halides is 1. The van der Waals surface area contributed by atoms with Crippen molar-refractivity contribution >= 4 is 17.5 Å². The molecule has 4 heteroatoms. The van der Waals surface area contributed by atoms with E-state index in [0.29, 0.717) is 5.92 Å². The Morgan fingerprint density at radius 1 is 1.62 bits per heavy atom. The van der Waals surface area contributed by atoms with E-state index in [2.05, 4.69) is 5.32 Å². The molecule has 0 aromatic rings. The Hall–Kier alpha value is -0.280. The summed E-state index contributed by atoms with van der Waals surface area (Å²) in [6, 6.07) is 0. The summed E-state index contributed by atoms with van der Waals surface area (Å²) in [5.41, 5.74) is 0. The molecule has 1 aliphatic heterocycles. The van der Waals surface area contributed by atoms with Gasteiger partial charge < -0.3 is 10.1 Å². The van der Waals surface area contributed by atoms with Crippen molar-refractivity contribution in [3.05, 3.63) is 0 Å². The van der Waals surface area contributed by atoms with Gasteiger partial charge in [-0.3, -0.25) is 4.79 Å². The van der Waals surface area contributed by atoms with Crippen LogP contribution in [0.5, 0.6) is 0 Å². The molecule has 0 aromatic heterocycles. The van der Waals surface area contributed by atoms with Crippen LogP contribution in [0.4, 0.5) is 0 Å². The third kappa shape index (κ3) is 3.96. The second-order valence-electron chi connectivity index (χ2n) is 3.42. The summed E-state index contributed by atoms with van der Waals surface area (Å²) < 4.78 is 5.22. The highest BCUT2D eigenvalue weighted by atomic mass is 35.5. The number of hydrogen-bond acceptors (Lipinski definition) is 2. The van der Waals surface area contributed by atoms with Crippen molar-refractivity contribution in [3.63, 3.8) is 0 Å². The monoisotopic (exact) mass is 205 g/mol. The molecular weight excluding hydrogens is 190 g/mol. The van der Waals surface area contributed by atoms with Gasteiger partial charge in [0.25, 0.3) is 0 Å². The molecule has 0 aliphatic carbocycles. The fraction of sp³-hybridized carbons (Fsp3) is 0.889. The van der Waals surface area contributed by atoms with Gasteiger partial charge >= 0.3 is 0 Å². The van der Waals surface area contributed by atoms with Crippen LogP contribution in [0.15, 0.2) is 0 Å². The van der Waals surface area contributed by atoms with Crippen molar-refractivity contribution < 1.29 is 9.53 Å². The Morgan fingerprint density at radius 2 is 2.23 bits per heavy atom. The maximum absolute atomic E-state index is 11.1. The van der Waals surface area contributed by atoms with Gasteiger partial charge in [0.05, 0.1) is 0 Å². The largest absolute Gasteiger partial charge is 0.381 e. The van der Waals surface area contributed by atoms with Gasteiger partial charge in [-0.25, -0.2) is 0 Å². The van der Waals surface area contributed by atoms with Crippen LogP contribution in [0.2, 0.25) is 0 Å². The molecule has 1 N–H and O–H groups in total. The summed E-state index contributed by atoms with van der Waals surface area (Å²) in [7, 11) is 0. The van der Waals surface area contributed by atoms with Crippen LogP contribution in [-0.4, -0.2) is 31.0 Å². The Labute approximate surface area is 83.8 Å². The quantitative estimate of drug-likeness (QED) is 0.703. The number of hydrogen-bond donors (Lipinski definition) is 1. The molecule has 1 heterocycles. The molecule has 0 saturated carbocycles. The summed E-state index contributed by atoms with van der Waals surface area (Å²) in [5.74, 6) is 0.487. The summed E-state index contributed by atoms with van der Waals surface area (Å²) in [5, 5.41) is 2.39. The van der Waals surface area contributed by atoms with Gasteiger partial charge in [-0.2, -0.15) is 0 Å². The van der Waals surface area contributed by atoms with Gasteiger partial charge in [0.15, 0.2) is 0 Å². The topological polar surface area (TPSA) is 38.3 Å². The molecule has 13 heavy (non-hydrogen) atoms. The smallest absolute Gasteiger partial charge is 0.237 e. The lowest BCUT2D eigenvalue weighted by Gasteiger charge is -2.22. The third-order valence-corrected chi connectivity index (χ3v) is 2.47. The van der Waals surface area contributed by atoms with Crippen LogP contribution in [0.3, 0.4) is 0 Å². The fourth-order valence-corrected chi connectivity index (χ4v) is 1.41. The van der Waals surface area contributed by atoms with E-state index in [1.165, 1.54) is 0 Å². The van der Waals surface area contributed by atoms with Gasteiger partial charge in [-0.15, -0.1) is 11.6 Å². The number of carbonyl (C=O) groups is 1. The molecule has 0 spiro atoms. The van der Waals surface area contributed by atoms with Crippen molar-refractivity contribution in [2.75, 3.05) is 19.8 Å².